The van der Waals surface area contributed by atoms with E-state index in [9.17, 15) is 29.7 Å². The van der Waals surface area contributed by atoms with Crippen molar-refractivity contribution in [1.29, 1.82) is 0 Å². The van der Waals surface area contributed by atoms with E-state index in [-0.39, 0.29) is 5.91 Å². The van der Waals surface area contributed by atoms with Crippen molar-refractivity contribution in [2.75, 3.05) is 23.8 Å². The van der Waals surface area contributed by atoms with Crippen LogP contribution in [0.1, 0.15) is 101 Å². The van der Waals surface area contributed by atoms with E-state index in [1.165, 1.54) is 0 Å². The van der Waals surface area contributed by atoms with Gasteiger partial charge in [-0.3, -0.25) is 29.6 Å². The van der Waals surface area contributed by atoms with Gasteiger partial charge in [-0.15, -0.1) is 0 Å². The average molecular weight is 733 g/mol. The highest BCUT2D eigenvalue weighted by atomic mass is 16.4. The zero-order valence-electron chi connectivity index (χ0n) is 30.8. The fraction of sp³-hybridized carbons (Fsp3) is 0.405. The van der Waals surface area contributed by atoms with Crippen molar-refractivity contribution in [3.8, 4) is 11.1 Å². The maximum Gasteiger partial charge on any atom is 0.323 e. The van der Waals surface area contributed by atoms with E-state index in [2.05, 4.69) is 38.9 Å². The van der Waals surface area contributed by atoms with Crippen molar-refractivity contribution < 1.29 is 29.7 Å². The summed E-state index contributed by atoms with van der Waals surface area (Å²) in [5.74, 6) is -0.708. The minimum absolute atomic E-state index is 0.289. The number of carboxylic acids is 2. The van der Waals surface area contributed by atoms with Gasteiger partial charge in [-0.05, 0) is 140 Å². The largest absolute Gasteiger partial charge is 0.480 e. The second-order valence-electron chi connectivity index (χ2n) is 14.9. The molecule has 12 nitrogen and oxygen atoms in total. The summed E-state index contributed by atoms with van der Waals surface area (Å²) in [6.45, 7) is 5.12. The Morgan fingerprint density at radius 3 is 2.13 bits per heavy atom. The Hall–Kier alpha value is -5.17. The van der Waals surface area contributed by atoms with E-state index < -0.39 is 30.6 Å². The molecule has 4 aromatic rings. The number of pyridine rings is 2. The van der Waals surface area contributed by atoms with Crippen LogP contribution in [0.25, 0.3) is 11.1 Å². The minimum Gasteiger partial charge on any atom is -0.480 e. The third kappa shape index (κ3) is 8.30. The van der Waals surface area contributed by atoms with Gasteiger partial charge in [-0.1, -0.05) is 30.7 Å². The van der Waals surface area contributed by atoms with E-state index in [1.807, 2.05) is 54.3 Å². The molecule has 2 aromatic carbocycles. The highest BCUT2D eigenvalue weighted by Gasteiger charge is 2.32. The van der Waals surface area contributed by atoms with Gasteiger partial charge in [0.2, 0.25) is 0 Å². The van der Waals surface area contributed by atoms with Crippen molar-refractivity contribution in [3.05, 3.63) is 100.0 Å². The first kappa shape index (κ1) is 37.2. The number of rotatable bonds is 15. The normalized spacial score (nSPS) is 17.9. The number of aliphatic hydroxyl groups is 1. The molecule has 3 aliphatic rings. The Bertz CT molecular complexity index is 2060. The van der Waals surface area contributed by atoms with Crippen molar-refractivity contribution in [3.63, 3.8) is 0 Å². The van der Waals surface area contributed by atoms with Crippen LogP contribution >= 0.6 is 0 Å². The van der Waals surface area contributed by atoms with Crippen LogP contribution in [0.5, 0.6) is 0 Å². The van der Waals surface area contributed by atoms with Crippen LogP contribution in [0.3, 0.4) is 0 Å². The summed E-state index contributed by atoms with van der Waals surface area (Å²) in [6, 6.07) is 14.3. The lowest BCUT2D eigenvalue weighted by Gasteiger charge is -2.33. The van der Waals surface area contributed by atoms with Gasteiger partial charge in [-0.25, -0.2) is 4.98 Å². The number of nitrogens with one attached hydrogen (secondary N) is 3. The van der Waals surface area contributed by atoms with Gasteiger partial charge in [0.05, 0.1) is 6.61 Å². The van der Waals surface area contributed by atoms with Crippen LogP contribution in [0.15, 0.2) is 60.9 Å². The molecule has 2 atom stereocenters. The number of carbonyl (C=O) groups excluding carboxylic acids is 1. The number of carboxylic acid groups (broad SMARTS) is 2. The lowest BCUT2D eigenvalue weighted by molar-refractivity contribution is -0.145. The number of piperidine rings is 1. The highest BCUT2D eigenvalue weighted by molar-refractivity contribution is 6.04. The molecule has 54 heavy (non-hydrogen) atoms. The number of nitrogens with zero attached hydrogens (tertiary/aromatic N) is 3. The Labute approximate surface area is 315 Å². The third-order valence-electron chi connectivity index (χ3n) is 11.1. The summed E-state index contributed by atoms with van der Waals surface area (Å²) in [4.78, 5) is 48.2. The molecule has 6 N–H and O–H groups in total. The molecule has 1 amide bonds. The number of aromatic nitrogens is 2. The van der Waals surface area contributed by atoms with E-state index in [0.717, 1.165) is 95.3 Å². The zero-order valence-corrected chi connectivity index (χ0v) is 30.8. The zero-order chi connectivity index (χ0) is 37.9. The van der Waals surface area contributed by atoms with E-state index in [4.69, 9.17) is 0 Å². The molecule has 282 valence electrons. The van der Waals surface area contributed by atoms with E-state index in [1.54, 1.807) is 12.4 Å². The maximum absolute atomic E-state index is 13.7. The SMILES string of the molecule is Cc1c(NC(=O)c2cc(C3CC3)c(CN3CCCC[C@H]3C(=O)O)cn2)cccc1-c1cccc(Nc2cc(C3CC3)c(CN[C@H](CO)C(=O)O)cn2)c1C. The highest BCUT2D eigenvalue weighted by Crippen LogP contribution is 2.44. The first-order valence-electron chi connectivity index (χ1n) is 18.9. The average Bonchev–Trinajstić information content (AvgIpc) is 4.09. The van der Waals surface area contributed by atoms with Gasteiger partial charge in [0.1, 0.15) is 23.6 Å². The summed E-state index contributed by atoms with van der Waals surface area (Å²) in [5, 5.41) is 38.0. The molecule has 7 rings (SSSR count). The van der Waals surface area contributed by atoms with Crippen LogP contribution in [-0.2, 0) is 22.7 Å². The molecule has 2 aliphatic carbocycles. The molecule has 2 saturated carbocycles. The van der Waals surface area contributed by atoms with Crippen molar-refractivity contribution in [1.82, 2.24) is 20.2 Å². The van der Waals surface area contributed by atoms with E-state index in [0.29, 0.717) is 48.5 Å². The molecular weight excluding hydrogens is 684 g/mol. The number of anilines is 3. The van der Waals surface area contributed by atoms with Gasteiger partial charge in [-0.2, -0.15) is 0 Å². The Morgan fingerprint density at radius 1 is 0.833 bits per heavy atom. The second kappa shape index (κ2) is 16.1. The van der Waals surface area contributed by atoms with Crippen LogP contribution in [0.4, 0.5) is 17.2 Å². The molecular formula is C42H48N6O6. The lowest BCUT2D eigenvalue weighted by Crippen LogP contribution is -2.44. The Kier molecular flexibility index (Phi) is 11.0. The molecule has 0 unspecified atom stereocenters. The number of aliphatic carboxylic acids is 2. The Morgan fingerprint density at radius 2 is 1.48 bits per heavy atom. The monoisotopic (exact) mass is 732 g/mol. The number of hydrogen-bond acceptors (Lipinski definition) is 9. The van der Waals surface area contributed by atoms with Gasteiger partial charge in [0.25, 0.3) is 5.91 Å². The summed E-state index contributed by atoms with van der Waals surface area (Å²) in [5.41, 5.74) is 9.99. The number of amides is 1. The molecule has 0 spiro atoms. The summed E-state index contributed by atoms with van der Waals surface area (Å²) >= 11 is 0. The second-order valence-corrected chi connectivity index (χ2v) is 14.9. The Balaban J connectivity index is 1.08. The molecule has 1 aliphatic heterocycles. The number of likely N-dealkylation sites (tertiary alicyclic amines) is 1. The van der Waals surface area contributed by atoms with Crippen molar-refractivity contribution in [2.24, 2.45) is 0 Å². The number of hydrogen-bond donors (Lipinski definition) is 6. The summed E-state index contributed by atoms with van der Waals surface area (Å²) in [7, 11) is 0. The predicted octanol–water partition coefficient (Wildman–Crippen LogP) is 6.49. The lowest BCUT2D eigenvalue weighted by atomic mass is 9.94. The van der Waals surface area contributed by atoms with Gasteiger partial charge in [0, 0.05) is 36.9 Å². The van der Waals surface area contributed by atoms with E-state index >= 15 is 0 Å². The van der Waals surface area contributed by atoms with Gasteiger partial charge in [0.15, 0.2) is 0 Å². The molecule has 12 heteroatoms. The summed E-state index contributed by atoms with van der Waals surface area (Å²) in [6.07, 6.45) is 10.3. The van der Waals surface area contributed by atoms with Gasteiger partial charge < -0.3 is 26.0 Å². The first-order chi connectivity index (χ1) is 26.1. The first-order valence-corrected chi connectivity index (χ1v) is 18.9. The quantitative estimate of drug-likeness (QED) is 0.0788. The van der Waals surface area contributed by atoms with Crippen LogP contribution in [0.2, 0.25) is 0 Å². The van der Waals surface area contributed by atoms with Crippen molar-refractivity contribution >= 4 is 35.0 Å². The number of carbonyl (C=O) groups is 3. The molecule has 2 aromatic heterocycles. The molecule has 0 radical (unpaired) electrons. The minimum atomic E-state index is -1.09. The number of benzene rings is 2. The molecule has 1 saturated heterocycles. The molecule has 3 fully saturated rings. The third-order valence-corrected chi connectivity index (χ3v) is 11.1. The fourth-order valence-corrected chi connectivity index (χ4v) is 7.61. The van der Waals surface area contributed by atoms with Crippen LogP contribution in [-0.4, -0.2) is 73.3 Å². The topological polar surface area (TPSA) is 177 Å². The molecule has 0 bridgehead atoms. The standard InChI is InChI=1S/C42H48N6O6/c1-24-30(7-5-9-34(24)46-39-18-33(27-14-15-27)28(20-45-39)19-44-37(23-49)41(51)52)31-8-6-10-35(25(31)2)47-40(50)36-17-32(26-12-13-26)29(21-43-36)22-48-16-4-3-11-38(48)42(53)54/h5-10,17-18,20-21,26-27,37-38,44,49H,3-4,11-16,19,22-23H2,1-2H3,(H,45,46)(H,47,50)(H,51,52)(H,53,54)/t37-,38+/m1/s1. The van der Waals surface area contributed by atoms with Crippen LogP contribution in [0, 0.1) is 13.8 Å². The maximum atomic E-state index is 13.7. The van der Waals surface area contributed by atoms with Crippen molar-refractivity contribution in [2.45, 2.75) is 95.8 Å². The van der Waals surface area contributed by atoms with Crippen LogP contribution < -0.4 is 16.0 Å². The fourth-order valence-electron chi connectivity index (χ4n) is 7.61. The van der Waals surface area contributed by atoms with Gasteiger partial charge >= 0.3 is 11.9 Å². The number of aliphatic hydroxyl groups excluding tert-OH is 1. The molecule has 3 heterocycles. The smallest absolute Gasteiger partial charge is 0.323 e. The summed E-state index contributed by atoms with van der Waals surface area (Å²) < 4.78 is 0. The predicted molar refractivity (Wildman–Crippen MR) is 206 cm³/mol.